The number of benzene rings is 2. The molecule has 0 radical (unpaired) electrons. The lowest BCUT2D eigenvalue weighted by Crippen LogP contribution is -2.39. The first-order chi connectivity index (χ1) is 19.4. The lowest BCUT2D eigenvalue weighted by atomic mass is 9.93. The zero-order valence-electron chi connectivity index (χ0n) is 22.1. The number of hydrogen-bond donors (Lipinski definition) is 4. The monoisotopic (exact) mass is 546 g/mol. The summed E-state index contributed by atoms with van der Waals surface area (Å²) in [5.41, 5.74) is 15.2. The fraction of sp³-hybridized carbons (Fsp3) is 0.321. The third kappa shape index (κ3) is 5.63. The number of nitrogens with zero attached hydrogens (tertiary/aromatic N) is 5. The number of amides is 1. The van der Waals surface area contributed by atoms with Crippen molar-refractivity contribution in [2.75, 3.05) is 42.8 Å². The third-order valence-electron chi connectivity index (χ3n) is 6.89. The van der Waals surface area contributed by atoms with Gasteiger partial charge in [0.1, 0.15) is 5.82 Å². The number of aliphatic hydroxyl groups excluding tert-OH is 1. The highest BCUT2D eigenvalue weighted by molar-refractivity contribution is 6.09. The number of nitrogens with two attached hydrogens (primary N) is 2. The number of methoxy groups -OCH3 is 1. The summed E-state index contributed by atoms with van der Waals surface area (Å²) in [4.78, 5) is 32.1. The molecule has 0 unspecified atom stereocenters. The largest absolute Gasteiger partial charge is 0.403 e. The standard InChI is InChI=1S/C28H31FN8O3/c1-40-10-8-32-14-19(13-30)33-28-35-25(34-27(31)36-28)20-3-2-4-23(21(20)15-38)37-9-7-17-11-18(16-5-6-16)12-22(29)24(17)26(37)39/h2-4,11-14,16,38H,5-10,15,30H2,1H3,(H3,31,33,34,35,36). The van der Waals surface area contributed by atoms with Crippen molar-refractivity contribution in [2.45, 2.75) is 31.8 Å². The smallest absolute Gasteiger partial charge is 0.261 e. The van der Waals surface area contributed by atoms with Crippen LogP contribution in [0.4, 0.5) is 22.0 Å². The Labute approximate surface area is 230 Å². The number of nitrogens with one attached hydrogen (secondary N) is 1. The number of aliphatic hydroxyl groups is 1. The van der Waals surface area contributed by atoms with Crippen molar-refractivity contribution >= 4 is 29.7 Å². The van der Waals surface area contributed by atoms with Crippen LogP contribution in [0, 0.1) is 5.82 Å². The zero-order chi connectivity index (χ0) is 28.2. The van der Waals surface area contributed by atoms with Crippen molar-refractivity contribution in [1.29, 1.82) is 0 Å². The fourth-order valence-electron chi connectivity index (χ4n) is 4.80. The topological polar surface area (TPSA) is 165 Å². The van der Waals surface area contributed by atoms with Crippen LogP contribution in [0.2, 0.25) is 0 Å². The van der Waals surface area contributed by atoms with E-state index in [0.717, 1.165) is 24.0 Å². The molecule has 208 valence electrons. The number of carbonyl (C=O) groups excluding carboxylic acids is 1. The molecule has 11 nitrogen and oxygen atoms in total. The molecule has 0 bridgehead atoms. The number of rotatable bonds is 10. The second kappa shape index (κ2) is 11.8. The van der Waals surface area contributed by atoms with Gasteiger partial charge in [-0.05, 0) is 48.4 Å². The first kappa shape index (κ1) is 27.2. The molecule has 1 aromatic heterocycles. The first-order valence-electron chi connectivity index (χ1n) is 13.0. The van der Waals surface area contributed by atoms with Gasteiger partial charge in [-0.1, -0.05) is 18.2 Å². The van der Waals surface area contributed by atoms with Gasteiger partial charge in [0.2, 0.25) is 11.9 Å². The second-order valence-electron chi connectivity index (χ2n) is 9.60. The molecule has 2 aliphatic rings. The SMILES string of the molecule is COCCN=CC(=CN)Nc1nc(N)nc(-c2cccc(N3CCc4cc(C5CC5)cc(F)c4C3=O)c2CO)n1. The van der Waals surface area contributed by atoms with E-state index in [1.165, 1.54) is 23.4 Å². The van der Waals surface area contributed by atoms with Crippen LogP contribution in [0.1, 0.15) is 45.8 Å². The minimum atomic E-state index is -0.508. The van der Waals surface area contributed by atoms with E-state index < -0.39 is 18.3 Å². The van der Waals surface area contributed by atoms with Crippen LogP contribution in [0.3, 0.4) is 0 Å². The zero-order valence-corrected chi connectivity index (χ0v) is 22.1. The molecule has 3 aromatic rings. The predicted octanol–water partition coefficient (Wildman–Crippen LogP) is 2.76. The highest BCUT2D eigenvalue weighted by Gasteiger charge is 2.33. The summed E-state index contributed by atoms with van der Waals surface area (Å²) < 4.78 is 20.1. The van der Waals surface area contributed by atoms with Crippen LogP contribution in [-0.4, -0.2) is 59.0 Å². The van der Waals surface area contributed by atoms with Crippen LogP contribution >= 0.6 is 0 Å². The van der Waals surface area contributed by atoms with Crippen LogP contribution in [0.25, 0.3) is 11.4 Å². The summed E-state index contributed by atoms with van der Waals surface area (Å²) >= 11 is 0. The summed E-state index contributed by atoms with van der Waals surface area (Å²) in [6, 6.07) is 8.59. The number of aliphatic imine (C=N–C) groups is 1. The van der Waals surface area contributed by atoms with Gasteiger partial charge in [0, 0.05) is 37.2 Å². The third-order valence-corrected chi connectivity index (χ3v) is 6.89. The van der Waals surface area contributed by atoms with Crippen molar-refractivity contribution in [3.05, 3.63) is 70.3 Å². The summed E-state index contributed by atoms with van der Waals surface area (Å²) in [5, 5.41) is 13.4. The number of fused-ring (bicyclic) bond motifs is 1. The Kier molecular flexibility index (Phi) is 7.99. The van der Waals surface area contributed by atoms with E-state index in [0.29, 0.717) is 54.5 Å². The number of allylic oxidation sites excluding steroid dienone is 1. The molecule has 0 saturated heterocycles. The van der Waals surface area contributed by atoms with Gasteiger partial charge < -0.3 is 31.5 Å². The van der Waals surface area contributed by atoms with Crippen LogP contribution in [0.5, 0.6) is 0 Å². The molecule has 5 rings (SSSR count). The molecule has 2 heterocycles. The molecular weight excluding hydrogens is 515 g/mol. The van der Waals surface area contributed by atoms with Crippen molar-refractivity contribution < 1.29 is 19.0 Å². The summed E-state index contributed by atoms with van der Waals surface area (Å²) in [5.74, 6) is -0.340. The highest BCUT2D eigenvalue weighted by Crippen LogP contribution is 2.42. The quantitative estimate of drug-likeness (QED) is 0.221. The molecule has 40 heavy (non-hydrogen) atoms. The van der Waals surface area contributed by atoms with Gasteiger partial charge in [-0.15, -0.1) is 0 Å². The van der Waals surface area contributed by atoms with Crippen LogP contribution in [0.15, 0.2) is 47.2 Å². The lowest BCUT2D eigenvalue weighted by Gasteiger charge is -2.31. The minimum absolute atomic E-state index is 0.0639. The van der Waals surface area contributed by atoms with Crippen LogP contribution < -0.4 is 21.7 Å². The number of ether oxygens (including phenoxy) is 1. The van der Waals surface area contributed by atoms with Gasteiger partial charge in [0.05, 0.1) is 36.7 Å². The Morgan fingerprint density at radius 2 is 2.12 bits per heavy atom. The van der Waals surface area contributed by atoms with E-state index >= 15 is 4.39 Å². The number of halogens is 1. The van der Waals surface area contributed by atoms with Gasteiger partial charge in [-0.3, -0.25) is 9.79 Å². The van der Waals surface area contributed by atoms with Gasteiger partial charge in [0.25, 0.3) is 5.91 Å². The average molecular weight is 547 g/mol. The molecule has 1 aliphatic heterocycles. The maximum absolute atomic E-state index is 15.2. The highest BCUT2D eigenvalue weighted by atomic mass is 19.1. The van der Waals surface area contributed by atoms with E-state index in [-0.39, 0.29) is 23.3 Å². The number of anilines is 3. The lowest BCUT2D eigenvalue weighted by molar-refractivity contribution is 0.0976. The fourth-order valence-corrected chi connectivity index (χ4v) is 4.80. The number of aromatic nitrogens is 3. The van der Waals surface area contributed by atoms with E-state index in [2.05, 4.69) is 25.3 Å². The Hall–Kier alpha value is -4.42. The molecule has 12 heteroatoms. The molecule has 1 saturated carbocycles. The normalized spacial score (nSPS) is 15.5. The molecule has 0 spiro atoms. The van der Waals surface area contributed by atoms with Gasteiger partial charge in [-0.2, -0.15) is 15.0 Å². The Morgan fingerprint density at radius 3 is 2.85 bits per heavy atom. The summed E-state index contributed by atoms with van der Waals surface area (Å²) in [6.45, 7) is 0.823. The van der Waals surface area contributed by atoms with Crippen molar-refractivity contribution in [1.82, 2.24) is 15.0 Å². The Morgan fingerprint density at radius 1 is 1.30 bits per heavy atom. The van der Waals surface area contributed by atoms with Gasteiger partial charge >= 0.3 is 0 Å². The predicted molar refractivity (Wildman–Crippen MR) is 150 cm³/mol. The molecule has 2 aromatic carbocycles. The average Bonchev–Trinajstić information content (AvgIpc) is 3.80. The maximum Gasteiger partial charge on any atom is 0.261 e. The Bertz CT molecular complexity index is 1490. The molecule has 1 fully saturated rings. The van der Waals surface area contributed by atoms with Crippen molar-refractivity contribution in [2.24, 2.45) is 10.7 Å². The molecule has 1 aliphatic carbocycles. The van der Waals surface area contributed by atoms with Crippen molar-refractivity contribution in [3.8, 4) is 11.4 Å². The minimum Gasteiger partial charge on any atom is -0.403 e. The van der Waals surface area contributed by atoms with E-state index in [9.17, 15) is 9.90 Å². The van der Waals surface area contributed by atoms with Gasteiger partial charge in [-0.25, -0.2) is 4.39 Å². The van der Waals surface area contributed by atoms with E-state index in [1.807, 2.05) is 6.07 Å². The summed E-state index contributed by atoms with van der Waals surface area (Å²) in [7, 11) is 1.58. The second-order valence-corrected chi connectivity index (χ2v) is 9.60. The molecule has 6 N–H and O–H groups in total. The number of nitrogen functional groups attached to an aromatic ring is 1. The van der Waals surface area contributed by atoms with E-state index in [1.54, 1.807) is 25.3 Å². The van der Waals surface area contributed by atoms with Crippen molar-refractivity contribution in [3.63, 3.8) is 0 Å². The number of carbonyl (C=O) groups is 1. The van der Waals surface area contributed by atoms with E-state index in [4.69, 9.17) is 16.2 Å². The van der Waals surface area contributed by atoms with Gasteiger partial charge in [0.15, 0.2) is 5.82 Å². The Balaban J connectivity index is 1.46. The maximum atomic E-state index is 15.2. The van der Waals surface area contributed by atoms with Crippen LogP contribution in [-0.2, 0) is 17.8 Å². The summed E-state index contributed by atoms with van der Waals surface area (Å²) in [6.07, 6.45) is 5.43. The molecular formula is C28H31FN8O3. The molecule has 0 atom stereocenters. The first-order valence-corrected chi connectivity index (χ1v) is 13.0. The number of hydrogen-bond acceptors (Lipinski definition) is 10. The molecule has 1 amide bonds.